The lowest BCUT2D eigenvalue weighted by atomic mass is 10.2. The van der Waals surface area contributed by atoms with Gasteiger partial charge in [0.1, 0.15) is 17.5 Å². The molecule has 2 aromatic heterocycles. The summed E-state index contributed by atoms with van der Waals surface area (Å²) in [5.74, 6) is 0.459. The molecule has 0 aliphatic heterocycles. The molecule has 0 bridgehead atoms. The van der Waals surface area contributed by atoms with Gasteiger partial charge >= 0.3 is 0 Å². The summed E-state index contributed by atoms with van der Waals surface area (Å²) in [5, 5.41) is 6.72. The van der Waals surface area contributed by atoms with Crippen LogP contribution >= 0.6 is 23.4 Å². The van der Waals surface area contributed by atoms with E-state index in [-0.39, 0.29) is 18.4 Å². The Morgan fingerprint density at radius 3 is 2.63 bits per heavy atom. The van der Waals surface area contributed by atoms with Gasteiger partial charge in [-0.05, 0) is 54.1 Å². The Kier molecular flexibility index (Phi) is 7.78. The number of benzene rings is 1. The molecule has 0 saturated carbocycles. The first-order valence-corrected chi connectivity index (χ1v) is 10.3. The van der Waals surface area contributed by atoms with Crippen LogP contribution in [0.5, 0.6) is 0 Å². The summed E-state index contributed by atoms with van der Waals surface area (Å²) >= 11 is 7.31. The van der Waals surface area contributed by atoms with Gasteiger partial charge in [-0.1, -0.05) is 11.6 Å². The fourth-order valence-corrected chi connectivity index (χ4v) is 3.57. The highest BCUT2D eigenvalue weighted by molar-refractivity contribution is 7.98. The maximum absolute atomic E-state index is 12.7. The van der Waals surface area contributed by atoms with Gasteiger partial charge in [0.25, 0.3) is 11.8 Å². The van der Waals surface area contributed by atoms with Crippen molar-refractivity contribution in [3.8, 4) is 0 Å². The van der Waals surface area contributed by atoms with Crippen LogP contribution in [0.1, 0.15) is 15.9 Å². The first-order chi connectivity index (χ1) is 14.5. The van der Waals surface area contributed by atoms with E-state index in [0.717, 1.165) is 5.56 Å². The predicted octanol–water partition coefficient (Wildman–Crippen LogP) is 4.26. The van der Waals surface area contributed by atoms with Crippen LogP contribution in [0.15, 0.2) is 66.0 Å². The fraction of sp³-hybridized carbons (Fsp3) is 0.143. The quantitative estimate of drug-likeness (QED) is 0.506. The van der Waals surface area contributed by atoms with E-state index in [2.05, 4.69) is 20.6 Å². The second-order valence-corrected chi connectivity index (χ2v) is 7.54. The highest BCUT2D eigenvalue weighted by Gasteiger charge is 2.13. The molecule has 3 aromatic rings. The molecule has 2 N–H and O–H groups in total. The Morgan fingerprint density at radius 1 is 1.07 bits per heavy atom. The van der Waals surface area contributed by atoms with E-state index < -0.39 is 0 Å². The Bertz CT molecular complexity index is 1030. The Balaban J connectivity index is 1.67. The van der Waals surface area contributed by atoms with Crippen molar-refractivity contribution < 1.29 is 14.3 Å². The summed E-state index contributed by atoms with van der Waals surface area (Å²) in [6.45, 7) is -0.0410. The van der Waals surface area contributed by atoms with Gasteiger partial charge < -0.3 is 15.4 Å². The second-order valence-electron chi connectivity index (χ2n) is 6.14. The zero-order valence-corrected chi connectivity index (χ0v) is 17.7. The molecule has 9 heteroatoms. The number of thioether (sulfide) groups is 1. The molecular weight excluding hydrogens is 424 g/mol. The number of nitrogens with one attached hydrogen (secondary N) is 2. The van der Waals surface area contributed by atoms with E-state index in [4.69, 9.17) is 16.3 Å². The van der Waals surface area contributed by atoms with Crippen LogP contribution in [0.2, 0.25) is 5.02 Å². The molecule has 0 aliphatic rings. The second kappa shape index (κ2) is 10.7. The summed E-state index contributed by atoms with van der Waals surface area (Å²) in [6.07, 6.45) is 3.26. The third-order valence-corrected chi connectivity index (χ3v) is 5.19. The lowest BCUT2D eigenvalue weighted by Crippen LogP contribution is -2.17. The van der Waals surface area contributed by atoms with E-state index in [1.807, 2.05) is 6.07 Å². The number of nitrogens with zero attached hydrogens (tertiary/aromatic N) is 2. The summed E-state index contributed by atoms with van der Waals surface area (Å²) in [6, 6.07) is 14.0. The highest BCUT2D eigenvalue weighted by atomic mass is 35.5. The third kappa shape index (κ3) is 6.28. The van der Waals surface area contributed by atoms with Crippen LogP contribution in [0.25, 0.3) is 0 Å². The van der Waals surface area contributed by atoms with Crippen molar-refractivity contribution in [3.63, 3.8) is 0 Å². The van der Waals surface area contributed by atoms with E-state index in [1.54, 1.807) is 54.9 Å². The van der Waals surface area contributed by atoms with Gasteiger partial charge in [-0.25, -0.2) is 9.97 Å². The normalized spacial score (nSPS) is 10.5. The maximum atomic E-state index is 12.7. The molecule has 0 radical (unpaired) electrons. The average molecular weight is 443 g/mol. The van der Waals surface area contributed by atoms with Crippen LogP contribution < -0.4 is 10.6 Å². The molecule has 0 aliphatic carbocycles. The Hall–Kier alpha value is -2.94. The van der Waals surface area contributed by atoms with E-state index in [1.165, 1.54) is 18.9 Å². The van der Waals surface area contributed by atoms with Crippen molar-refractivity contribution in [2.45, 2.75) is 10.8 Å². The van der Waals surface area contributed by atoms with Crippen molar-refractivity contribution in [1.29, 1.82) is 0 Å². The number of anilines is 2. The Labute approximate surface area is 183 Å². The van der Waals surface area contributed by atoms with Crippen LogP contribution in [-0.4, -0.2) is 35.5 Å². The molecule has 0 spiro atoms. The number of amides is 2. The highest BCUT2D eigenvalue weighted by Crippen LogP contribution is 2.26. The molecule has 3 rings (SSSR count). The van der Waals surface area contributed by atoms with E-state index in [9.17, 15) is 9.59 Å². The van der Waals surface area contributed by atoms with Crippen LogP contribution in [-0.2, 0) is 15.3 Å². The Morgan fingerprint density at radius 2 is 1.87 bits per heavy atom. The lowest BCUT2D eigenvalue weighted by molar-refractivity contribution is -0.119. The summed E-state index contributed by atoms with van der Waals surface area (Å²) in [4.78, 5) is 32.8. The summed E-state index contributed by atoms with van der Waals surface area (Å²) in [5.41, 5.74) is 2.05. The molecule has 2 heterocycles. The molecule has 0 saturated heterocycles. The number of carbonyl (C=O) groups excluding carboxylic acids is 2. The topological polar surface area (TPSA) is 93.2 Å². The van der Waals surface area contributed by atoms with Crippen molar-refractivity contribution in [3.05, 3.63) is 77.1 Å². The van der Waals surface area contributed by atoms with Gasteiger partial charge in [0.05, 0.1) is 5.56 Å². The van der Waals surface area contributed by atoms with Crippen molar-refractivity contribution in [1.82, 2.24) is 9.97 Å². The molecule has 30 heavy (non-hydrogen) atoms. The monoisotopic (exact) mass is 442 g/mol. The zero-order chi connectivity index (χ0) is 21.3. The van der Waals surface area contributed by atoms with Crippen LogP contribution in [0, 0.1) is 0 Å². The molecule has 0 atom stereocenters. The van der Waals surface area contributed by atoms with Crippen molar-refractivity contribution in [2.24, 2.45) is 0 Å². The fourth-order valence-electron chi connectivity index (χ4n) is 2.50. The van der Waals surface area contributed by atoms with Crippen LogP contribution in [0.4, 0.5) is 11.5 Å². The van der Waals surface area contributed by atoms with Gasteiger partial charge in [0.2, 0.25) is 0 Å². The maximum Gasteiger partial charge on any atom is 0.258 e. The molecule has 7 nitrogen and oxygen atoms in total. The standard InChI is InChI=1S/C21H19ClN4O3S/c1-29-12-19(27)26-18-11-14(8-10-23-18)13-30-21-17(3-2-9-24-21)20(28)25-16-6-4-15(22)5-7-16/h2-11H,12-13H2,1H3,(H,25,28)(H,23,26,27). The molecular formula is C21H19ClN4O3S. The number of pyridine rings is 2. The minimum Gasteiger partial charge on any atom is -0.375 e. The van der Waals surface area contributed by atoms with E-state index in [0.29, 0.717) is 32.9 Å². The van der Waals surface area contributed by atoms with Gasteiger partial charge in [0, 0.05) is 36.0 Å². The molecule has 0 unspecified atom stereocenters. The third-order valence-electron chi connectivity index (χ3n) is 3.86. The predicted molar refractivity (Wildman–Crippen MR) is 118 cm³/mol. The number of aromatic nitrogens is 2. The first-order valence-electron chi connectivity index (χ1n) is 8.93. The van der Waals surface area contributed by atoms with Crippen molar-refractivity contribution >= 4 is 46.7 Å². The van der Waals surface area contributed by atoms with Gasteiger partial charge in [-0.15, -0.1) is 11.8 Å². The van der Waals surface area contributed by atoms with E-state index >= 15 is 0 Å². The minimum atomic E-state index is -0.277. The van der Waals surface area contributed by atoms with Crippen LogP contribution in [0.3, 0.4) is 0 Å². The van der Waals surface area contributed by atoms with Gasteiger partial charge in [-0.3, -0.25) is 9.59 Å². The number of rotatable bonds is 8. The van der Waals surface area contributed by atoms with Crippen molar-refractivity contribution in [2.75, 3.05) is 24.4 Å². The molecule has 0 fully saturated rings. The van der Waals surface area contributed by atoms with Gasteiger partial charge in [-0.2, -0.15) is 0 Å². The van der Waals surface area contributed by atoms with Gasteiger partial charge in [0.15, 0.2) is 0 Å². The molecule has 154 valence electrons. The lowest BCUT2D eigenvalue weighted by Gasteiger charge is -2.10. The number of hydrogen-bond acceptors (Lipinski definition) is 6. The average Bonchev–Trinajstić information content (AvgIpc) is 2.74. The zero-order valence-electron chi connectivity index (χ0n) is 16.1. The summed E-state index contributed by atoms with van der Waals surface area (Å²) in [7, 11) is 1.45. The SMILES string of the molecule is COCC(=O)Nc1cc(CSc2ncccc2C(=O)Nc2ccc(Cl)cc2)ccn1. The largest absolute Gasteiger partial charge is 0.375 e. The number of methoxy groups -OCH3 is 1. The number of halogens is 1. The number of ether oxygens (including phenoxy) is 1. The smallest absolute Gasteiger partial charge is 0.258 e. The molecule has 2 amide bonds. The molecule has 1 aromatic carbocycles. The minimum absolute atomic E-state index is 0.0410. The first kappa shape index (κ1) is 21.8. The summed E-state index contributed by atoms with van der Waals surface area (Å²) < 4.78 is 4.80. The number of carbonyl (C=O) groups is 2. The number of hydrogen-bond donors (Lipinski definition) is 2.